The van der Waals surface area contributed by atoms with Gasteiger partial charge in [-0.05, 0) is 31.2 Å². The Morgan fingerprint density at radius 2 is 2.17 bits per heavy atom. The van der Waals surface area contributed by atoms with Crippen molar-refractivity contribution < 1.29 is 14.6 Å². The van der Waals surface area contributed by atoms with Gasteiger partial charge in [-0.25, -0.2) is 4.79 Å². The van der Waals surface area contributed by atoms with E-state index in [1.807, 2.05) is 26.0 Å². The van der Waals surface area contributed by atoms with Crippen molar-refractivity contribution in [1.82, 2.24) is 0 Å². The number of thioether (sulfide) groups is 1. The van der Waals surface area contributed by atoms with Crippen LogP contribution < -0.4 is 4.74 Å². The maximum Gasteiger partial charge on any atom is 0.340 e. The minimum Gasteiger partial charge on any atom is -0.490 e. The van der Waals surface area contributed by atoms with Gasteiger partial charge in [0.05, 0.1) is 6.10 Å². The molecule has 1 aromatic rings. The molecule has 0 aliphatic rings. The van der Waals surface area contributed by atoms with Gasteiger partial charge in [-0.1, -0.05) is 26.3 Å². The van der Waals surface area contributed by atoms with Gasteiger partial charge in [0.25, 0.3) is 0 Å². The van der Waals surface area contributed by atoms with Crippen LogP contribution in [-0.2, 0) is 0 Å². The zero-order chi connectivity index (χ0) is 13.5. The summed E-state index contributed by atoms with van der Waals surface area (Å²) in [7, 11) is 0. The largest absolute Gasteiger partial charge is 0.490 e. The van der Waals surface area contributed by atoms with E-state index in [0.717, 1.165) is 23.5 Å². The first-order chi connectivity index (χ1) is 8.60. The maximum atomic E-state index is 11.4. The zero-order valence-corrected chi connectivity index (χ0v) is 11.9. The summed E-state index contributed by atoms with van der Waals surface area (Å²) in [5, 5.41) is 9.32. The molecule has 0 amide bonds. The highest BCUT2D eigenvalue weighted by Crippen LogP contribution is 2.31. The minimum atomic E-state index is -0.926. The van der Waals surface area contributed by atoms with Crippen molar-refractivity contribution in [2.75, 3.05) is 5.75 Å². The van der Waals surface area contributed by atoms with Gasteiger partial charge >= 0.3 is 5.97 Å². The van der Waals surface area contributed by atoms with Crippen LogP contribution in [0.4, 0.5) is 0 Å². The first-order valence-corrected chi connectivity index (χ1v) is 7.24. The zero-order valence-electron chi connectivity index (χ0n) is 11.1. The standard InChI is InChI=1S/C14H20O3S/c1-4-7-10(3)17-11-8-6-9-12(18-5-2)13(11)14(15)16/h6,8-10H,4-5,7H2,1-3H3,(H,15,16). The van der Waals surface area contributed by atoms with Gasteiger partial charge in [0, 0.05) is 4.90 Å². The van der Waals surface area contributed by atoms with Crippen LogP contribution >= 0.6 is 11.8 Å². The fraction of sp³-hybridized carbons (Fsp3) is 0.500. The second kappa shape index (κ2) is 7.31. The Kier molecular flexibility index (Phi) is 6.05. The van der Waals surface area contributed by atoms with Crippen LogP contribution in [0.2, 0.25) is 0 Å². The van der Waals surface area contributed by atoms with Gasteiger partial charge in [0.1, 0.15) is 11.3 Å². The topological polar surface area (TPSA) is 46.5 Å². The Bertz CT molecular complexity index is 404. The first-order valence-electron chi connectivity index (χ1n) is 6.25. The second-order valence-electron chi connectivity index (χ2n) is 4.08. The number of rotatable bonds is 7. The van der Waals surface area contributed by atoms with E-state index in [0.29, 0.717) is 5.75 Å². The van der Waals surface area contributed by atoms with E-state index in [4.69, 9.17) is 4.74 Å². The van der Waals surface area contributed by atoms with Gasteiger partial charge in [-0.15, -0.1) is 11.8 Å². The molecule has 0 bridgehead atoms. The number of hydrogen-bond donors (Lipinski definition) is 1. The molecule has 18 heavy (non-hydrogen) atoms. The number of carboxylic acid groups (broad SMARTS) is 1. The molecular weight excluding hydrogens is 248 g/mol. The fourth-order valence-electron chi connectivity index (χ4n) is 1.78. The van der Waals surface area contributed by atoms with E-state index in [1.54, 1.807) is 6.07 Å². The summed E-state index contributed by atoms with van der Waals surface area (Å²) in [6.07, 6.45) is 1.98. The van der Waals surface area contributed by atoms with Crippen LogP contribution in [-0.4, -0.2) is 22.9 Å². The Morgan fingerprint density at radius 1 is 1.44 bits per heavy atom. The lowest BCUT2D eigenvalue weighted by Crippen LogP contribution is -2.14. The van der Waals surface area contributed by atoms with Crippen LogP contribution in [0, 0.1) is 0 Å². The molecular formula is C14H20O3S. The van der Waals surface area contributed by atoms with Crippen LogP contribution in [0.5, 0.6) is 5.75 Å². The van der Waals surface area contributed by atoms with Crippen LogP contribution in [0.15, 0.2) is 23.1 Å². The minimum absolute atomic E-state index is 0.0370. The average molecular weight is 268 g/mol. The van der Waals surface area contributed by atoms with Crippen LogP contribution in [0.1, 0.15) is 44.0 Å². The van der Waals surface area contributed by atoms with Gasteiger partial charge in [-0.3, -0.25) is 0 Å². The molecule has 0 aliphatic carbocycles. The lowest BCUT2D eigenvalue weighted by Gasteiger charge is -2.17. The first kappa shape index (κ1) is 14.9. The Hall–Kier alpha value is -1.16. The van der Waals surface area contributed by atoms with Gasteiger partial charge in [-0.2, -0.15) is 0 Å². The van der Waals surface area contributed by atoms with Crippen molar-refractivity contribution in [3.8, 4) is 5.75 Å². The molecule has 0 heterocycles. The molecule has 0 saturated heterocycles. The molecule has 0 spiro atoms. The summed E-state index contributed by atoms with van der Waals surface area (Å²) in [4.78, 5) is 12.1. The van der Waals surface area contributed by atoms with E-state index < -0.39 is 5.97 Å². The third kappa shape index (κ3) is 3.95. The summed E-state index contributed by atoms with van der Waals surface area (Å²) in [5.41, 5.74) is 0.285. The van der Waals surface area contributed by atoms with E-state index in [9.17, 15) is 9.90 Å². The molecule has 4 heteroatoms. The SMILES string of the molecule is CCCC(C)Oc1cccc(SCC)c1C(=O)O. The second-order valence-corrected chi connectivity index (χ2v) is 5.39. The average Bonchev–Trinajstić information content (AvgIpc) is 2.29. The molecule has 0 aliphatic heterocycles. The molecule has 1 atom stereocenters. The highest BCUT2D eigenvalue weighted by molar-refractivity contribution is 7.99. The van der Waals surface area contributed by atoms with Crippen molar-refractivity contribution >= 4 is 17.7 Å². The monoisotopic (exact) mass is 268 g/mol. The maximum absolute atomic E-state index is 11.4. The van der Waals surface area contributed by atoms with Crippen LogP contribution in [0.25, 0.3) is 0 Å². The summed E-state index contributed by atoms with van der Waals surface area (Å²) < 4.78 is 5.74. The van der Waals surface area contributed by atoms with E-state index in [1.165, 1.54) is 11.8 Å². The molecule has 1 aromatic carbocycles. The third-order valence-corrected chi connectivity index (χ3v) is 3.46. The lowest BCUT2D eigenvalue weighted by molar-refractivity contribution is 0.0685. The molecule has 1 rings (SSSR count). The summed E-state index contributed by atoms with van der Waals surface area (Å²) in [6, 6.07) is 5.41. The molecule has 100 valence electrons. The Morgan fingerprint density at radius 3 is 2.72 bits per heavy atom. The summed E-state index contributed by atoms with van der Waals surface area (Å²) >= 11 is 1.52. The number of ether oxygens (including phenoxy) is 1. The van der Waals surface area contributed by atoms with Crippen molar-refractivity contribution in [2.45, 2.75) is 44.6 Å². The number of benzene rings is 1. The van der Waals surface area contributed by atoms with Crippen molar-refractivity contribution in [1.29, 1.82) is 0 Å². The van der Waals surface area contributed by atoms with Gasteiger partial charge < -0.3 is 9.84 Å². The van der Waals surface area contributed by atoms with Gasteiger partial charge in [0.2, 0.25) is 0 Å². The highest BCUT2D eigenvalue weighted by atomic mass is 32.2. The fourth-order valence-corrected chi connectivity index (χ4v) is 2.60. The van der Waals surface area contributed by atoms with Crippen LogP contribution in [0.3, 0.4) is 0 Å². The van der Waals surface area contributed by atoms with Crippen molar-refractivity contribution in [3.05, 3.63) is 23.8 Å². The number of carbonyl (C=O) groups is 1. The molecule has 0 radical (unpaired) electrons. The van der Waals surface area contributed by atoms with Crippen molar-refractivity contribution in [3.63, 3.8) is 0 Å². The predicted molar refractivity (Wildman–Crippen MR) is 74.8 cm³/mol. The van der Waals surface area contributed by atoms with E-state index in [2.05, 4.69) is 6.92 Å². The number of aromatic carboxylic acids is 1. The molecule has 3 nitrogen and oxygen atoms in total. The Balaban J connectivity index is 3.02. The molecule has 0 aromatic heterocycles. The molecule has 0 saturated carbocycles. The van der Waals surface area contributed by atoms with Gasteiger partial charge in [0.15, 0.2) is 0 Å². The normalized spacial score (nSPS) is 12.2. The highest BCUT2D eigenvalue weighted by Gasteiger charge is 2.18. The quantitative estimate of drug-likeness (QED) is 0.757. The smallest absolute Gasteiger partial charge is 0.340 e. The molecule has 1 unspecified atom stereocenters. The number of hydrogen-bond acceptors (Lipinski definition) is 3. The summed E-state index contributed by atoms with van der Waals surface area (Å²) in [5.74, 6) is 0.390. The number of carboxylic acids is 1. The third-order valence-electron chi connectivity index (χ3n) is 2.53. The lowest BCUT2D eigenvalue weighted by atomic mass is 10.2. The molecule has 0 fully saturated rings. The Labute approximate surface area is 113 Å². The van der Waals surface area contributed by atoms with Crippen molar-refractivity contribution in [2.24, 2.45) is 0 Å². The van der Waals surface area contributed by atoms with E-state index in [-0.39, 0.29) is 11.7 Å². The predicted octanol–water partition coefficient (Wildman–Crippen LogP) is 4.06. The van der Waals surface area contributed by atoms with E-state index >= 15 is 0 Å². The summed E-state index contributed by atoms with van der Waals surface area (Å²) in [6.45, 7) is 6.06. The molecule has 1 N–H and O–H groups in total.